The van der Waals surface area contributed by atoms with Crippen molar-refractivity contribution >= 4 is 27.6 Å². The van der Waals surface area contributed by atoms with Crippen LogP contribution in [0.2, 0.25) is 0 Å². The number of aryl methyl sites for hydroxylation is 2. The molecule has 138 valence electrons. The maximum atomic E-state index is 12.5. The number of amides is 1. The summed E-state index contributed by atoms with van der Waals surface area (Å²) in [7, 11) is -3.80. The zero-order chi connectivity index (χ0) is 18.7. The molecule has 1 aliphatic rings. The van der Waals surface area contributed by atoms with Crippen LogP contribution in [0.15, 0.2) is 35.2 Å². The second-order valence-electron chi connectivity index (χ2n) is 6.57. The number of nitrogens with zero attached hydrogens (tertiary/aromatic N) is 2. The van der Waals surface area contributed by atoms with Gasteiger partial charge in [-0.15, -0.1) is 0 Å². The molecule has 1 aliphatic carbocycles. The van der Waals surface area contributed by atoms with Crippen molar-refractivity contribution in [3.8, 4) is 0 Å². The van der Waals surface area contributed by atoms with Crippen LogP contribution in [0.1, 0.15) is 37.1 Å². The van der Waals surface area contributed by atoms with Crippen LogP contribution in [0.5, 0.6) is 0 Å². The Morgan fingerprint density at radius 2 is 1.62 bits per heavy atom. The predicted octanol–water partition coefficient (Wildman–Crippen LogP) is 3.02. The van der Waals surface area contributed by atoms with Gasteiger partial charge in [0.1, 0.15) is 0 Å². The Morgan fingerprint density at radius 3 is 2.19 bits per heavy atom. The maximum Gasteiger partial charge on any atom is 0.264 e. The molecule has 1 amide bonds. The van der Waals surface area contributed by atoms with E-state index in [-0.39, 0.29) is 22.7 Å². The second-order valence-corrected chi connectivity index (χ2v) is 8.26. The van der Waals surface area contributed by atoms with E-state index in [0.717, 1.165) is 25.7 Å². The first-order chi connectivity index (χ1) is 12.3. The average molecular weight is 374 g/mol. The lowest BCUT2D eigenvalue weighted by molar-refractivity contribution is -0.119. The van der Waals surface area contributed by atoms with E-state index in [1.165, 1.54) is 12.1 Å². The molecule has 8 heteroatoms. The van der Waals surface area contributed by atoms with Gasteiger partial charge >= 0.3 is 0 Å². The van der Waals surface area contributed by atoms with Gasteiger partial charge in [-0.3, -0.25) is 4.79 Å². The van der Waals surface area contributed by atoms with E-state index < -0.39 is 10.0 Å². The normalized spacial score (nSPS) is 15.0. The van der Waals surface area contributed by atoms with Crippen LogP contribution in [0, 0.1) is 19.8 Å². The van der Waals surface area contributed by atoms with Crippen LogP contribution in [-0.4, -0.2) is 24.3 Å². The van der Waals surface area contributed by atoms with Gasteiger partial charge in [0.2, 0.25) is 11.9 Å². The lowest BCUT2D eigenvalue weighted by atomic mass is 10.1. The van der Waals surface area contributed by atoms with Crippen LogP contribution in [0.3, 0.4) is 0 Å². The monoisotopic (exact) mass is 374 g/mol. The number of anilines is 2. The summed E-state index contributed by atoms with van der Waals surface area (Å²) in [6.45, 7) is 3.54. The predicted molar refractivity (Wildman–Crippen MR) is 99.3 cm³/mol. The Morgan fingerprint density at radius 1 is 1.04 bits per heavy atom. The number of aromatic nitrogens is 2. The lowest BCUT2D eigenvalue weighted by Gasteiger charge is -2.11. The molecule has 2 N–H and O–H groups in total. The molecule has 0 radical (unpaired) electrons. The Labute approximate surface area is 153 Å². The topological polar surface area (TPSA) is 101 Å². The molecule has 2 aromatic rings. The molecule has 0 unspecified atom stereocenters. The summed E-state index contributed by atoms with van der Waals surface area (Å²) in [5, 5.41) is 2.85. The molecular formula is C18H22N4O3S. The Hall–Kier alpha value is -2.48. The van der Waals surface area contributed by atoms with Crippen molar-refractivity contribution in [2.24, 2.45) is 5.92 Å². The second kappa shape index (κ2) is 7.41. The lowest BCUT2D eigenvalue weighted by Crippen LogP contribution is -2.20. The van der Waals surface area contributed by atoms with Gasteiger partial charge < -0.3 is 5.32 Å². The maximum absolute atomic E-state index is 12.5. The quantitative estimate of drug-likeness (QED) is 0.838. The largest absolute Gasteiger partial charge is 0.326 e. The number of carbonyl (C=O) groups is 1. The molecule has 26 heavy (non-hydrogen) atoms. The zero-order valence-corrected chi connectivity index (χ0v) is 15.6. The summed E-state index contributed by atoms with van der Waals surface area (Å²) in [6, 6.07) is 7.84. The van der Waals surface area contributed by atoms with Crippen molar-refractivity contribution in [1.29, 1.82) is 0 Å². The standard InChI is InChI=1S/C18H22N4O3S/c1-12-11-13(2)20-18(19-12)22-26(24,25)16-9-7-15(8-10-16)21-17(23)14-5-3-4-6-14/h7-11,14H,3-6H2,1-2H3,(H,21,23)(H,19,20,22). The fourth-order valence-corrected chi connectivity index (χ4v) is 4.04. The number of carbonyl (C=O) groups excluding carboxylic acids is 1. The van der Waals surface area contributed by atoms with Crippen LogP contribution in [-0.2, 0) is 14.8 Å². The van der Waals surface area contributed by atoms with E-state index in [4.69, 9.17) is 0 Å². The first kappa shape index (κ1) is 18.3. The van der Waals surface area contributed by atoms with Crippen molar-refractivity contribution in [2.75, 3.05) is 10.0 Å². The van der Waals surface area contributed by atoms with Gasteiger partial charge in [-0.2, -0.15) is 0 Å². The van der Waals surface area contributed by atoms with Gasteiger partial charge in [0, 0.05) is 23.0 Å². The van der Waals surface area contributed by atoms with Crippen LogP contribution >= 0.6 is 0 Å². The van der Waals surface area contributed by atoms with Gasteiger partial charge in [0.15, 0.2) is 0 Å². The van der Waals surface area contributed by atoms with Gasteiger partial charge in [-0.1, -0.05) is 12.8 Å². The molecule has 0 spiro atoms. The minimum atomic E-state index is -3.80. The SMILES string of the molecule is Cc1cc(C)nc(NS(=O)(=O)c2ccc(NC(=O)C3CCCC3)cc2)n1. The molecule has 0 atom stereocenters. The van der Waals surface area contributed by atoms with Crippen molar-refractivity contribution in [3.05, 3.63) is 41.7 Å². The number of hydrogen-bond donors (Lipinski definition) is 2. The van der Waals surface area contributed by atoms with Gasteiger partial charge in [0.05, 0.1) is 4.90 Å². The fraction of sp³-hybridized carbons (Fsp3) is 0.389. The highest BCUT2D eigenvalue weighted by Gasteiger charge is 2.23. The fourth-order valence-electron chi connectivity index (χ4n) is 3.10. The van der Waals surface area contributed by atoms with Gasteiger partial charge in [0.25, 0.3) is 10.0 Å². The smallest absolute Gasteiger partial charge is 0.264 e. The molecule has 0 bridgehead atoms. The summed E-state index contributed by atoms with van der Waals surface area (Å²) in [5.74, 6) is 0.0998. The van der Waals surface area contributed by atoms with Crippen LogP contribution in [0.25, 0.3) is 0 Å². The van der Waals surface area contributed by atoms with E-state index in [9.17, 15) is 13.2 Å². The Bertz CT molecular complexity index is 884. The van der Waals surface area contributed by atoms with Crippen molar-refractivity contribution < 1.29 is 13.2 Å². The molecule has 3 rings (SSSR count). The van der Waals surface area contributed by atoms with E-state index in [1.54, 1.807) is 32.0 Å². The molecule has 1 aromatic heterocycles. The number of nitrogens with one attached hydrogen (secondary N) is 2. The number of rotatable bonds is 5. The number of benzene rings is 1. The van der Waals surface area contributed by atoms with Crippen LogP contribution < -0.4 is 10.0 Å². The minimum absolute atomic E-state index is 0.000122. The zero-order valence-electron chi connectivity index (χ0n) is 14.8. The molecule has 0 saturated heterocycles. The third-order valence-corrected chi connectivity index (χ3v) is 5.71. The first-order valence-corrected chi connectivity index (χ1v) is 10.1. The van der Waals surface area contributed by atoms with E-state index in [2.05, 4.69) is 20.0 Å². The highest BCUT2D eigenvalue weighted by Crippen LogP contribution is 2.26. The molecular weight excluding hydrogens is 352 g/mol. The highest BCUT2D eigenvalue weighted by atomic mass is 32.2. The molecule has 1 fully saturated rings. The van der Waals surface area contributed by atoms with Crippen molar-refractivity contribution in [1.82, 2.24) is 9.97 Å². The highest BCUT2D eigenvalue weighted by molar-refractivity contribution is 7.92. The summed E-state index contributed by atoms with van der Waals surface area (Å²) in [5.41, 5.74) is 1.95. The number of sulfonamides is 1. The average Bonchev–Trinajstić information content (AvgIpc) is 3.08. The molecule has 1 saturated carbocycles. The summed E-state index contributed by atoms with van der Waals surface area (Å²) in [6.07, 6.45) is 4.00. The van der Waals surface area contributed by atoms with E-state index in [1.807, 2.05) is 0 Å². The minimum Gasteiger partial charge on any atom is -0.326 e. The van der Waals surface area contributed by atoms with Crippen molar-refractivity contribution in [3.63, 3.8) is 0 Å². The molecule has 0 aliphatic heterocycles. The van der Waals surface area contributed by atoms with E-state index >= 15 is 0 Å². The van der Waals surface area contributed by atoms with E-state index in [0.29, 0.717) is 17.1 Å². The van der Waals surface area contributed by atoms with Gasteiger partial charge in [-0.25, -0.2) is 23.1 Å². The molecule has 7 nitrogen and oxygen atoms in total. The van der Waals surface area contributed by atoms with Gasteiger partial charge in [-0.05, 0) is 57.0 Å². The summed E-state index contributed by atoms with van der Waals surface area (Å²) >= 11 is 0. The molecule has 1 heterocycles. The number of hydrogen-bond acceptors (Lipinski definition) is 5. The molecule has 1 aromatic carbocycles. The summed E-state index contributed by atoms with van der Waals surface area (Å²) < 4.78 is 27.4. The third-order valence-electron chi connectivity index (χ3n) is 4.37. The third kappa shape index (κ3) is 4.37. The first-order valence-electron chi connectivity index (χ1n) is 8.59. The Balaban J connectivity index is 1.71. The summed E-state index contributed by atoms with van der Waals surface area (Å²) in [4.78, 5) is 20.4. The van der Waals surface area contributed by atoms with Crippen LogP contribution in [0.4, 0.5) is 11.6 Å². The Kier molecular flexibility index (Phi) is 5.22. The van der Waals surface area contributed by atoms with Crippen molar-refractivity contribution in [2.45, 2.75) is 44.4 Å².